The van der Waals surface area contributed by atoms with Gasteiger partial charge in [-0.2, -0.15) is 0 Å². The fourth-order valence-electron chi connectivity index (χ4n) is 3.45. The molecule has 1 amide bonds. The predicted octanol–water partition coefficient (Wildman–Crippen LogP) is 3.68. The van der Waals surface area contributed by atoms with Gasteiger partial charge in [0.15, 0.2) is 0 Å². The van der Waals surface area contributed by atoms with Crippen LogP contribution in [0, 0.1) is 0 Å². The molecule has 1 N–H and O–H groups in total. The van der Waals surface area contributed by atoms with Crippen LogP contribution >= 0.6 is 15.9 Å². The van der Waals surface area contributed by atoms with E-state index in [0.717, 1.165) is 29.7 Å². The highest BCUT2D eigenvalue weighted by Gasteiger charge is 2.32. The van der Waals surface area contributed by atoms with Crippen molar-refractivity contribution in [3.8, 4) is 5.75 Å². The third kappa shape index (κ3) is 4.05. The van der Waals surface area contributed by atoms with Crippen LogP contribution in [0.4, 0.5) is 0 Å². The highest BCUT2D eigenvalue weighted by atomic mass is 79.9. The van der Waals surface area contributed by atoms with Gasteiger partial charge >= 0.3 is 0 Å². The van der Waals surface area contributed by atoms with Crippen molar-refractivity contribution < 1.29 is 9.53 Å². The molecule has 0 radical (unpaired) electrons. The molecule has 1 fully saturated rings. The van der Waals surface area contributed by atoms with E-state index < -0.39 is 0 Å². The standard InChI is InChI=1S/C20H23BrN2O2/c1-23(20(24)15-5-9-17(25-2)10-6-15)19-11-12-22-13-18(19)14-3-7-16(21)8-4-14/h3-10,18-19,22H,11-13H2,1-2H3. The van der Waals surface area contributed by atoms with Gasteiger partial charge < -0.3 is 15.0 Å². The second-order valence-corrected chi connectivity index (χ2v) is 7.28. The highest BCUT2D eigenvalue weighted by molar-refractivity contribution is 9.10. The normalized spacial score (nSPS) is 20.1. The van der Waals surface area contributed by atoms with Crippen LogP contribution in [0.1, 0.15) is 28.3 Å². The molecule has 0 aliphatic carbocycles. The smallest absolute Gasteiger partial charge is 0.253 e. The maximum Gasteiger partial charge on any atom is 0.253 e. The van der Waals surface area contributed by atoms with Crippen LogP contribution in [0.15, 0.2) is 53.0 Å². The molecule has 2 aromatic rings. The van der Waals surface area contributed by atoms with Crippen LogP contribution in [0.5, 0.6) is 5.75 Å². The number of benzene rings is 2. The lowest BCUT2D eigenvalue weighted by atomic mass is 9.86. The van der Waals surface area contributed by atoms with E-state index in [9.17, 15) is 4.79 Å². The van der Waals surface area contributed by atoms with E-state index in [1.165, 1.54) is 5.56 Å². The molecule has 0 spiro atoms. The monoisotopic (exact) mass is 402 g/mol. The lowest BCUT2D eigenvalue weighted by Crippen LogP contribution is -2.49. The summed E-state index contributed by atoms with van der Waals surface area (Å²) in [4.78, 5) is 14.8. The average molecular weight is 403 g/mol. The highest BCUT2D eigenvalue weighted by Crippen LogP contribution is 2.29. The molecule has 2 atom stereocenters. The summed E-state index contributed by atoms with van der Waals surface area (Å²) in [7, 11) is 3.54. The fraction of sp³-hybridized carbons (Fsp3) is 0.350. The summed E-state index contributed by atoms with van der Waals surface area (Å²) in [6.07, 6.45) is 0.944. The van der Waals surface area contributed by atoms with Gasteiger partial charge in [-0.3, -0.25) is 4.79 Å². The van der Waals surface area contributed by atoms with E-state index >= 15 is 0 Å². The van der Waals surface area contributed by atoms with Gasteiger partial charge in [0, 0.05) is 35.6 Å². The number of likely N-dealkylation sites (N-methyl/N-ethyl adjacent to an activating group) is 1. The minimum absolute atomic E-state index is 0.0525. The molecule has 25 heavy (non-hydrogen) atoms. The first-order chi connectivity index (χ1) is 12.1. The molecule has 1 aliphatic rings. The quantitative estimate of drug-likeness (QED) is 0.847. The number of rotatable bonds is 4. The zero-order valence-electron chi connectivity index (χ0n) is 14.5. The van der Waals surface area contributed by atoms with Crippen molar-refractivity contribution in [3.63, 3.8) is 0 Å². The van der Waals surface area contributed by atoms with Gasteiger partial charge in [0.25, 0.3) is 5.91 Å². The SMILES string of the molecule is COc1ccc(C(=O)N(C)C2CCNCC2c2ccc(Br)cc2)cc1. The maximum atomic E-state index is 12.9. The van der Waals surface area contributed by atoms with E-state index in [4.69, 9.17) is 4.74 Å². The van der Waals surface area contributed by atoms with E-state index in [-0.39, 0.29) is 17.9 Å². The number of amides is 1. The van der Waals surface area contributed by atoms with Crippen molar-refractivity contribution in [1.29, 1.82) is 0 Å². The van der Waals surface area contributed by atoms with Crippen molar-refractivity contribution in [2.75, 3.05) is 27.2 Å². The molecular formula is C20H23BrN2O2. The summed E-state index contributed by atoms with van der Waals surface area (Å²) in [5.74, 6) is 1.10. The molecule has 1 aliphatic heterocycles. The van der Waals surface area contributed by atoms with Crippen molar-refractivity contribution in [1.82, 2.24) is 10.2 Å². The largest absolute Gasteiger partial charge is 0.497 e. The Hall–Kier alpha value is -1.85. The Bertz CT molecular complexity index is 715. The number of carbonyl (C=O) groups is 1. The van der Waals surface area contributed by atoms with Gasteiger partial charge in [0.1, 0.15) is 5.75 Å². The molecule has 5 heteroatoms. The second kappa shape index (κ2) is 8.02. The Balaban J connectivity index is 1.80. The molecule has 132 valence electrons. The summed E-state index contributed by atoms with van der Waals surface area (Å²) in [5, 5.41) is 3.46. The molecule has 1 heterocycles. The molecule has 1 saturated heterocycles. The van der Waals surface area contributed by atoms with Crippen LogP contribution in [0.3, 0.4) is 0 Å². The van der Waals surface area contributed by atoms with Crippen molar-refractivity contribution >= 4 is 21.8 Å². The first-order valence-electron chi connectivity index (χ1n) is 8.47. The number of piperidine rings is 1. The summed E-state index contributed by atoms with van der Waals surface area (Å²) >= 11 is 3.49. The summed E-state index contributed by atoms with van der Waals surface area (Å²) in [5.41, 5.74) is 1.95. The summed E-state index contributed by atoms with van der Waals surface area (Å²) < 4.78 is 6.24. The Morgan fingerprint density at radius 2 is 1.84 bits per heavy atom. The van der Waals surface area contributed by atoms with Crippen LogP contribution in [-0.2, 0) is 0 Å². The number of nitrogens with zero attached hydrogens (tertiary/aromatic N) is 1. The Morgan fingerprint density at radius 1 is 1.16 bits per heavy atom. The van der Waals surface area contributed by atoms with Crippen molar-refractivity contribution in [2.24, 2.45) is 0 Å². The van der Waals surface area contributed by atoms with E-state index in [1.807, 2.05) is 36.2 Å². The number of methoxy groups -OCH3 is 1. The first-order valence-corrected chi connectivity index (χ1v) is 9.27. The molecule has 0 saturated carbocycles. The molecule has 2 unspecified atom stereocenters. The van der Waals surface area contributed by atoms with Gasteiger partial charge in [-0.05, 0) is 54.9 Å². The van der Waals surface area contributed by atoms with Gasteiger partial charge in [-0.25, -0.2) is 0 Å². The number of nitrogens with one attached hydrogen (secondary N) is 1. The summed E-state index contributed by atoms with van der Waals surface area (Å²) in [6, 6.07) is 15.9. The Morgan fingerprint density at radius 3 is 2.48 bits per heavy atom. The second-order valence-electron chi connectivity index (χ2n) is 6.36. The predicted molar refractivity (Wildman–Crippen MR) is 103 cm³/mol. The van der Waals surface area contributed by atoms with Crippen LogP contribution < -0.4 is 10.1 Å². The topological polar surface area (TPSA) is 41.6 Å². The third-order valence-electron chi connectivity index (χ3n) is 4.90. The molecule has 3 rings (SSSR count). The first kappa shape index (κ1) is 18.0. The third-order valence-corrected chi connectivity index (χ3v) is 5.43. The zero-order chi connectivity index (χ0) is 17.8. The van der Waals surface area contributed by atoms with Crippen LogP contribution in [0.25, 0.3) is 0 Å². The number of hydrogen-bond donors (Lipinski definition) is 1. The zero-order valence-corrected chi connectivity index (χ0v) is 16.1. The van der Waals surface area contributed by atoms with Gasteiger partial charge in [0.2, 0.25) is 0 Å². The molecular weight excluding hydrogens is 380 g/mol. The number of hydrogen-bond acceptors (Lipinski definition) is 3. The number of carbonyl (C=O) groups excluding carboxylic acids is 1. The van der Waals surface area contributed by atoms with Gasteiger partial charge in [0.05, 0.1) is 7.11 Å². The lowest BCUT2D eigenvalue weighted by Gasteiger charge is -2.38. The van der Waals surface area contributed by atoms with E-state index in [1.54, 1.807) is 7.11 Å². The Kier molecular flexibility index (Phi) is 5.76. The average Bonchev–Trinajstić information content (AvgIpc) is 2.67. The molecule has 4 nitrogen and oxygen atoms in total. The Labute approximate surface area is 157 Å². The summed E-state index contributed by atoms with van der Waals surface area (Å²) in [6.45, 7) is 1.81. The number of halogens is 1. The van der Waals surface area contributed by atoms with Crippen molar-refractivity contribution in [2.45, 2.75) is 18.4 Å². The van der Waals surface area contributed by atoms with E-state index in [2.05, 4.69) is 45.5 Å². The maximum absolute atomic E-state index is 12.9. The minimum Gasteiger partial charge on any atom is -0.497 e. The fourth-order valence-corrected chi connectivity index (χ4v) is 3.71. The van der Waals surface area contributed by atoms with Gasteiger partial charge in [-0.15, -0.1) is 0 Å². The lowest BCUT2D eigenvalue weighted by molar-refractivity contribution is 0.0679. The van der Waals surface area contributed by atoms with E-state index in [0.29, 0.717) is 5.56 Å². The van der Waals surface area contributed by atoms with Gasteiger partial charge in [-0.1, -0.05) is 28.1 Å². The van der Waals surface area contributed by atoms with Crippen LogP contribution in [0.2, 0.25) is 0 Å². The molecule has 2 aromatic carbocycles. The molecule has 0 bridgehead atoms. The van der Waals surface area contributed by atoms with Crippen LogP contribution in [-0.4, -0.2) is 44.1 Å². The number of ether oxygens (including phenoxy) is 1. The molecule has 0 aromatic heterocycles. The minimum atomic E-state index is 0.0525. The van der Waals surface area contributed by atoms with Crippen molar-refractivity contribution in [3.05, 3.63) is 64.1 Å².